The molecule has 13 heavy (non-hydrogen) atoms. The van der Waals surface area contributed by atoms with Crippen LogP contribution in [-0.4, -0.2) is 31.7 Å². The second-order valence-electron chi connectivity index (χ2n) is 3.35. The fraction of sp³-hybridized carbons (Fsp3) is 0.889. The van der Waals surface area contributed by atoms with Gasteiger partial charge in [0.25, 0.3) is 0 Å². The first-order valence-electron chi connectivity index (χ1n) is 4.90. The van der Waals surface area contributed by atoms with E-state index in [1.54, 1.807) is 0 Å². The molecule has 0 aliphatic carbocycles. The molecule has 1 fully saturated rings. The van der Waals surface area contributed by atoms with E-state index < -0.39 is 0 Å². The molecule has 0 aromatic heterocycles. The number of nitrogens with one attached hydrogen (secondary N) is 1. The van der Waals surface area contributed by atoms with Gasteiger partial charge in [-0.2, -0.15) is 0 Å². The van der Waals surface area contributed by atoms with E-state index in [9.17, 15) is 4.79 Å². The lowest BCUT2D eigenvalue weighted by Crippen LogP contribution is -2.38. The number of amides is 1. The van der Waals surface area contributed by atoms with Gasteiger partial charge in [-0.3, -0.25) is 4.79 Å². The van der Waals surface area contributed by atoms with Gasteiger partial charge in [-0.1, -0.05) is 0 Å². The Bertz CT molecular complexity index is 156. The van der Waals surface area contributed by atoms with Crippen molar-refractivity contribution in [3.63, 3.8) is 0 Å². The van der Waals surface area contributed by atoms with E-state index in [1.807, 2.05) is 0 Å². The SMILES string of the molecule is NCCCC(=O)NC1CCOCC1. The molecule has 0 saturated carbocycles. The summed E-state index contributed by atoms with van der Waals surface area (Å²) < 4.78 is 5.19. The van der Waals surface area contributed by atoms with Gasteiger partial charge in [0.2, 0.25) is 5.91 Å². The van der Waals surface area contributed by atoms with E-state index >= 15 is 0 Å². The van der Waals surface area contributed by atoms with Crippen LogP contribution in [0.3, 0.4) is 0 Å². The molecule has 1 aliphatic rings. The van der Waals surface area contributed by atoms with Gasteiger partial charge in [0.05, 0.1) is 0 Å². The highest BCUT2D eigenvalue weighted by Crippen LogP contribution is 2.06. The summed E-state index contributed by atoms with van der Waals surface area (Å²) in [5.74, 6) is 0.123. The second kappa shape index (κ2) is 5.94. The standard InChI is InChI=1S/C9H18N2O2/c10-5-1-2-9(12)11-8-3-6-13-7-4-8/h8H,1-7,10H2,(H,11,12). The van der Waals surface area contributed by atoms with Crippen LogP contribution in [0.25, 0.3) is 0 Å². The van der Waals surface area contributed by atoms with Crippen molar-refractivity contribution < 1.29 is 9.53 Å². The minimum absolute atomic E-state index is 0.123. The van der Waals surface area contributed by atoms with Crippen molar-refractivity contribution in [2.45, 2.75) is 31.7 Å². The average molecular weight is 186 g/mol. The van der Waals surface area contributed by atoms with Gasteiger partial charge in [0.1, 0.15) is 0 Å². The molecule has 0 spiro atoms. The summed E-state index contributed by atoms with van der Waals surface area (Å²) in [6, 6.07) is 0.319. The van der Waals surface area contributed by atoms with Gasteiger partial charge < -0.3 is 15.8 Å². The van der Waals surface area contributed by atoms with Crippen LogP contribution in [0.15, 0.2) is 0 Å². The highest BCUT2D eigenvalue weighted by Gasteiger charge is 2.15. The molecule has 4 nitrogen and oxygen atoms in total. The third kappa shape index (κ3) is 4.24. The zero-order valence-electron chi connectivity index (χ0n) is 7.92. The van der Waals surface area contributed by atoms with Gasteiger partial charge >= 0.3 is 0 Å². The molecule has 4 heteroatoms. The second-order valence-corrected chi connectivity index (χ2v) is 3.35. The Hall–Kier alpha value is -0.610. The molecule has 1 amide bonds. The van der Waals surface area contributed by atoms with Crippen LogP contribution in [0.4, 0.5) is 0 Å². The molecular weight excluding hydrogens is 168 g/mol. The van der Waals surface area contributed by atoms with Crippen molar-refractivity contribution in [2.75, 3.05) is 19.8 Å². The van der Waals surface area contributed by atoms with E-state index in [0.29, 0.717) is 19.0 Å². The molecule has 0 aromatic carbocycles. The van der Waals surface area contributed by atoms with Gasteiger partial charge in [0, 0.05) is 25.7 Å². The Morgan fingerprint density at radius 1 is 1.46 bits per heavy atom. The number of ether oxygens (including phenoxy) is 1. The topological polar surface area (TPSA) is 64.4 Å². The Kier molecular flexibility index (Phi) is 4.78. The predicted octanol–water partition coefficient (Wildman–Crippen LogP) is 0.0205. The highest BCUT2D eigenvalue weighted by atomic mass is 16.5. The molecule has 0 aromatic rings. The van der Waals surface area contributed by atoms with E-state index in [-0.39, 0.29) is 5.91 Å². The van der Waals surface area contributed by atoms with Crippen LogP contribution in [0.2, 0.25) is 0 Å². The zero-order chi connectivity index (χ0) is 9.52. The molecule has 0 bridgehead atoms. The van der Waals surface area contributed by atoms with Crippen LogP contribution < -0.4 is 11.1 Å². The van der Waals surface area contributed by atoms with Crippen LogP contribution >= 0.6 is 0 Å². The fourth-order valence-electron chi connectivity index (χ4n) is 1.40. The highest BCUT2D eigenvalue weighted by molar-refractivity contribution is 5.76. The van der Waals surface area contributed by atoms with E-state index in [4.69, 9.17) is 10.5 Å². The average Bonchev–Trinajstić information content (AvgIpc) is 2.16. The van der Waals surface area contributed by atoms with Crippen LogP contribution in [-0.2, 0) is 9.53 Å². The van der Waals surface area contributed by atoms with Gasteiger partial charge in [-0.25, -0.2) is 0 Å². The lowest BCUT2D eigenvalue weighted by Gasteiger charge is -2.23. The van der Waals surface area contributed by atoms with Gasteiger partial charge in [-0.15, -0.1) is 0 Å². The Morgan fingerprint density at radius 3 is 2.77 bits per heavy atom. The van der Waals surface area contributed by atoms with Crippen LogP contribution in [0.1, 0.15) is 25.7 Å². The van der Waals surface area contributed by atoms with E-state index in [0.717, 1.165) is 32.5 Å². The molecule has 1 saturated heterocycles. The van der Waals surface area contributed by atoms with Crippen molar-refractivity contribution in [3.05, 3.63) is 0 Å². The number of hydrogen-bond acceptors (Lipinski definition) is 3. The lowest BCUT2D eigenvalue weighted by molar-refractivity contribution is -0.122. The normalized spacial score (nSPS) is 18.5. The first-order valence-corrected chi connectivity index (χ1v) is 4.90. The minimum Gasteiger partial charge on any atom is -0.381 e. The summed E-state index contributed by atoms with van der Waals surface area (Å²) in [6.45, 7) is 2.12. The number of rotatable bonds is 4. The summed E-state index contributed by atoms with van der Waals surface area (Å²) >= 11 is 0. The Labute approximate surface area is 78.8 Å². The van der Waals surface area contributed by atoms with Crippen molar-refractivity contribution in [1.82, 2.24) is 5.32 Å². The molecule has 1 heterocycles. The molecule has 3 N–H and O–H groups in total. The molecule has 1 rings (SSSR count). The number of carbonyl (C=O) groups is 1. The van der Waals surface area contributed by atoms with Gasteiger partial charge in [0.15, 0.2) is 0 Å². The molecule has 0 radical (unpaired) electrons. The predicted molar refractivity (Wildman–Crippen MR) is 50.3 cm³/mol. The van der Waals surface area contributed by atoms with Crippen molar-refractivity contribution in [1.29, 1.82) is 0 Å². The Morgan fingerprint density at radius 2 is 2.15 bits per heavy atom. The van der Waals surface area contributed by atoms with E-state index in [2.05, 4.69) is 5.32 Å². The summed E-state index contributed by atoms with van der Waals surface area (Å²) in [7, 11) is 0. The molecule has 76 valence electrons. The van der Waals surface area contributed by atoms with Crippen molar-refractivity contribution in [3.8, 4) is 0 Å². The lowest BCUT2D eigenvalue weighted by atomic mass is 10.1. The van der Waals surface area contributed by atoms with Crippen molar-refractivity contribution >= 4 is 5.91 Å². The molecular formula is C9H18N2O2. The summed E-state index contributed by atoms with van der Waals surface area (Å²) in [5.41, 5.74) is 5.31. The molecule has 0 unspecified atom stereocenters. The van der Waals surface area contributed by atoms with Crippen molar-refractivity contribution in [2.24, 2.45) is 5.73 Å². The van der Waals surface area contributed by atoms with Gasteiger partial charge in [-0.05, 0) is 25.8 Å². The maximum Gasteiger partial charge on any atom is 0.220 e. The van der Waals surface area contributed by atoms with Crippen LogP contribution in [0, 0.1) is 0 Å². The quantitative estimate of drug-likeness (QED) is 0.650. The smallest absolute Gasteiger partial charge is 0.220 e. The molecule has 0 atom stereocenters. The summed E-state index contributed by atoms with van der Waals surface area (Å²) in [5, 5.41) is 2.98. The summed E-state index contributed by atoms with van der Waals surface area (Å²) in [4.78, 5) is 11.3. The first kappa shape index (κ1) is 10.5. The van der Waals surface area contributed by atoms with E-state index in [1.165, 1.54) is 0 Å². The monoisotopic (exact) mass is 186 g/mol. The zero-order valence-corrected chi connectivity index (χ0v) is 7.92. The third-order valence-electron chi connectivity index (χ3n) is 2.19. The minimum atomic E-state index is 0.123. The molecule has 1 aliphatic heterocycles. The number of carbonyl (C=O) groups excluding carboxylic acids is 1. The maximum atomic E-state index is 11.3. The third-order valence-corrected chi connectivity index (χ3v) is 2.19. The fourth-order valence-corrected chi connectivity index (χ4v) is 1.40. The Balaban J connectivity index is 2.11. The first-order chi connectivity index (χ1) is 6.33. The maximum absolute atomic E-state index is 11.3. The number of nitrogens with two attached hydrogens (primary N) is 1. The number of hydrogen-bond donors (Lipinski definition) is 2. The summed E-state index contributed by atoms with van der Waals surface area (Å²) in [6.07, 6.45) is 3.20. The van der Waals surface area contributed by atoms with Crippen LogP contribution in [0.5, 0.6) is 0 Å². The largest absolute Gasteiger partial charge is 0.381 e.